The monoisotopic (exact) mass is 359 g/mol. The summed E-state index contributed by atoms with van der Waals surface area (Å²) >= 11 is 1.51. The van der Waals surface area contributed by atoms with Gasteiger partial charge in [0.05, 0.1) is 11.3 Å². The predicted octanol–water partition coefficient (Wildman–Crippen LogP) is 2.03. The van der Waals surface area contributed by atoms with Crippen LogP contribution in [0.4, 0.5) is 0 Å². The van der Waals surface area contributed by atoms with Crippen molar-refractivity contribution in [2.45, 2.75) is 51.5 Å². The van der Waals surface area contributed by atoms with Gasteiger partial charge in [-0.1, -0.05) is 13.3 Å². The highest BCUT2D eigenvalue weighted by Crippen LogP contribution is 2.22. The normalized spacial score (nSPS) is 19.7. The van der Waals surface area contributed by atoms with Gasteiger partial charge in [0.15, 0.2) is 0 Å². The van der Waals surface area contributed by atoms with Crippen LogP contribution in [0.25, 0.3) is 0 Å². The molecule has 1 aliphatic heterocycles. The summed E-state index contributed by atoms with van der Waals surface area (Å²) in [5.74, 6) is -0.176. The van der Waals surface area contributed by atoms with Crippen LogP contribution < -0.4 is 5.32 Å². The minimum Gasteiger partial charge on any atom is -0.351 e. The van der Waals surface area contributed by atoms with Crippen LogP contribution in [0.2, 0.25) is 0 Å². The van der Waals surface area contributed by atoms with Crippen molar-refractivity contribution in [3.05, 3.63) is 16.1 Å². The molecule has 130 valence electrons. The van der Waals surface area contributed by atoms with E-state index in [0.29, 0.717) is 25.2 Å². The maximum Gasteiger partial charge on any atom is 0.270 e. The number of nitrogens with one attached hydrogen (secondary N) is 1. The summed E-state index contributed by atoms with van der Waals surface area (Å²) in [6.07, 6.45) is 6.62. The first-order chi connectivity index (χ1) is 10.9. The molecule has 8 heteroatoms. The van der Waals surface area contributed by atoms with Crippen molar-refractivity contribution >= 4 is 27.3 Å². The van der Waals surface area contributed by atoms with Gasteiger partial charge >= 0.3 is 0 Å². The van der Waals surface area contributed by atoms with Crippen molar-refractivity contribution in [3.63, 3.8) is 0 Å². The molecule has 2 heterocycles. The van der Waals surface area contributed by atoms with Gasteiger partial charge in [-0.15, -0.1) is 11.3 Å². The number of carbonyl (C=O) groups excluding carboxylic acids is 1. The molecule has 6 nitrogen and oxygen atoms in total. The molecule has 0 aromatic carbocycles. The molecule has 1 amide bonds. The number of amides is 1. The number of rotatable bonds is 7. The summed E-state index contributed by atoms with van der Waals surface area (Å²) in [4.78, 5) is 16.4. The molecule has 0 bridgehead atoms. The number of piperidine rings is 1. The maximum atomic E-state index is 12.1. The molecule has 0 unspecified atom stereocenters. The molecule has 1 aromatic rings. The molecular weight excluding hydrogens is 334 g/mol. The second-order valence-corrected chi connectivity index (χ2v) is 8.82. The number of aryl methyl sites for hydroxylation is 1. The summed E-state index contributed by atoms with van der Waals surface area (Å²) in [6, 6.07) is -0.00913. The molecule has 1 aliphatic rings. The maximum absolute atomic E-state index is 12.1. The molecule has 1 atom stereocenters. The third-order valence-corrected chi connectivity index (χ3v) is 6.25. The fourth-order valence-corrected chi connectivity index (χ4v) is 4.98. The van der Waals surface area contributed by atoms with Crippen molar-refractivity contribution in [1.82, 2.24) is 14.6 Å². The standard InChI is InChI=1S/C15H25N3O3S2/c1-3-6-14-17-13(11-22-14)15(19)16-9-8-12-7-4-5-10-18(12)23(2,20)21/h11-12H,3-10H2,1-2H3,(H,16,19)/t12-/m1/s1. The van der Waals surface area contributed by atoms with Crippen LogP contribution in [-0.2, 0) is 16.4 Å². The van der Waals surface area contributed by atoms with Crippen LogP contribution in [0, 0.1) is 0 Å². The second kappa shape index (κ2) is 8.21. The topological polar surface area (TPSA) is 79.4 Å². The third kappa shape index (κ3) is 5.26. The van der Waals surface area contributed by atoms with Crippen LogP contribution in [0.5, 0.6) is 0 Å². The van der Waals surface area contributed by atoms with E-state index in [1.807, 2.05) is 0 Å². The molecule has 0 saturated carbocycles. The quantitative estimate of drug-likeness (QED) is 0.808. The largest absolute Gasteiger partial charge is 0.351 e. The first kappa shape index (κ1) is 18.4. The van der Waals surface area contributed by atoms with Gasteiger partial charge in [0.2, 0.25) is 10.0 Å². The first-order valence-electron chi connectivity index (χ1n) is 8.11. The van der Waals surface area contributed by atoms with E-state index in [0.717, 1.165) is 37.1 Å². The Morgan fingerprint density at radius 2 is 2.26 bits per heavy atom. The Hall–Kier alpha value is -0.990. The van der Waals surface area contributed by atoms with Crippen LogP contribution >= 0.6 is 11.3 Å². The zero-order valence-electron chi connectivity index (χ0n) is 13.7. The Kier molecular flexibility index (Phi) is 6.55. The fraction of sp³-hybridized carbons (Fsp3) is 0.733. The summed E-state index contributed by atoms with van der Waals surface area (Å²) in [5, 5.41) is 5.62. The molecule has 23 heavy (non-hydrogen) atoms. The minimum atomic E-state index is -3.17. The number of hydrogen-bond donors (Lipinski definition) is 1. The SMILES string of the molecule is CCCc1nc(C(=O)NCC[C@H]2CCCCN2S(C)(=O)=O)cs1. The van der Waals surface area contributed by atoms with Gasteiger partial charge in [0.1, 0.15) is 5.69 Å². The minimum absolute atomic E-state index is 0.00913. The Morgan fingerprint density at radius 1 is 1.48 bits per heavy atom. The van der Waals surface area contributed by atoms with Crippen molar-refractivity contribution in [3.8, 4) is 0 Å². The lowest BCUT2D eigenvalue weighted by molar-refractivity contribution is 0.0945. The highest BCUT2D eigenvalue weighted by atomic mass is 32.2. The fourth-order valence-electron chi connectivity index (χ4n) is 2.89. The highest BCUT2D eigenvalue weighted by Gasteiger charge is 2.28. The zero-order chi connectivity index (χ0) is 16.9. The lowest BCUT2D eigenvalue weighted by Gasteiger charge is -2.33. The van der Waals surface area contributed by atoms with Gasteiger partial charge in [-0.05, 0) is 32.1 Å². The molecule has 1 N–H and O–H groups in total. The molecular formula is C15H25N3O3S2. The molecule has 1 saturated heterocycles. The Morgan fingerprint density at radius 3 is 2.96 bits per heavy atom. The second-order valence-electron chi connectivity index (χ2n) is 5.94. The van der Waals surface area contributed by atoms with Gasteiger partial charge in [-0.25, -0.2) is 13.4 Å². The van der Waals surface area contributed by atoms with Crippen molar-refractivity contribution in [2.24, 2.45) is 0 Å². The third-order valence-electron chi connectivity index (χ3n) is 4.01. The van der Waals surface area contributed by atoms with Gasteiger partial charge < -0.3 is 5.32 Å². The highest BCUT2D eigenvalue weighted by molar-refractivity contribution is 7.88. The van der Waals surface area contributed by atoms with Gasteiger partial charge in [0, 0.05) is 24.5 Å². The number of hydrogen-bond acceptors (Lipinski definition) is 5. The van der Waals surface area contributed by atoms with E-state index in [2.05, 4.69) is 17.2 Å². The average molecular weight is 360 g/mol. The summed E-state index contributed by atoms with van der Waals surface area (Å²) in [7, 11) is -3.17. The Bertz CT molecular complexity index is 628. The molecule has 2 rings (SSSR count). The van der Waals surface area contributed by atoms with Crippen LogP contribution in [0.1, 0.15) is 54.5 Å². The predicted molar refractivity (Wildman–Crippen MR) is 92.2 cm³/mol. The number of sulfonamides is 1. The van der Waals surface area contributed by atoms with Crippen molar-refractivity contribution < 1.29 is 13.2 Å². The van der Waals surface area contributed by atoms with Crippen LogP contribution in [0.15, 0.2) is 5.38 Å². The molecule has 0 spiro atoms. The summed E-state index contributed by atoms with van der Waals surface area (Å²) in [6.45, 7) is 3.14. The number of carbonyl (C=O) groups is 1. The number of thiazole rings is 1. The zero-order valence-corrected chi connectivity index (χ0v) is 15.4. The van der Waals surface area contributed by atoms with E-state index < -0.39 is 10.0 Å². The van der Waals surface area contributed by atoms with E-state index in [1.165, 1.54) is 17.6 Å². The average Bonchev–Trinajstić information content (AvgIpc) is 2.96. The van der Waals surface area contributed by atoms with E-state index >= 15 is 0 Å². The van der Waals surface area contributed by atoms with E-state index in [1.54, 1.807) is 9.69 Å². The lowest BCUT2D eigenvalue weighted by atomic mass is 10.0. The Labute approximate surface area is 142 Å². The molecule has 1 aromatic heterocycles. The summed E-state index contributed by atoms with van der Waals surface area (Å²) in [5.41, 5.74) is 0.460. The van der Waals surface area contributed by atoms with Crippen LogP contribution in [0.3, 0.4) is 0 Å². The summed E-state index contributed by atoms with van der Waals surface area (Å²) < 4.78 is 25.2. The van der Waals surface area contributed by atoms with Gasteiger partial charge in [-0.2, -0.15) is 4.31 Å². The van der Waals surface area contributed by atoms with Crippen molar-refractivity contribution in [2.75, 3.05) is 19.3 Å². The van der Waals surface area contributed by atoms with Gasteiger partial charge in [-0.3, -0.25) is 4.79 Å². The number of nitrogens with zero attached hydrogens (tertiary/aromatic N) is 2. The van der Waals surface area contributed by atoms with Gasteiger partial charge in [0.25, 0.3) is 5.91 Å². The molecule has 0 radical (unpaired) electrons. The van der Waals surface area contributed by atoms with Crippen molar-refractivity contribution in [1.29, 1.82) is 0 Å². The molecule has 0 aliphatic carbocycles. The number of aromatic nitrogens is 1. The lowest BCUT2D eigenvalue weighted by Crippen LogP contribution is -2.44. The van der Waals surface area contributed by atoms with Crippen LogP contribution in [-0.4, -0.2) is 49.0 Å². The van der Waals surface area contributed by atoms with E-state index in [4.69, 9.17) is 0 Å². The van der Waals surface area contributed by atoms with E-state index in [9.17, 15) is 13.2 Å². The smallest absolute Gasteiger partial charge is 0.270 e. The Balaban J connectivity index is 1.84. The van der Waals surface area contributed by atoms with E-state index in [-0.39, 0.29) is 11.9 Å². The molecule has 1 fully saturated rings. The first-order valence-corrected chi connectivity index (χ1v) is 10.8.